The number of pyridine rings is 1. The normalized spacial score (nSPS) is 19.0. The van der Waals surface area contributed by atoms with Gasteiger partial charge in [-0.2, -0.15) is 0 Å². The van der Waals surface area contributed by atoms with E-state index in [1.54, 1.807) is 41.6 Å². The van der Waals surface area contributed by atoms with Gasteiger partial charge in [0.2, 0.25) is 0 Å². The van der Waals surface area contributed by atoms with E-state index in [1.165, 1.54) is 0 Å². The smallest absolute Gasteiger partial charge is 0.338 e. The lowest BCUT2D eigenvalue weighted by Gasteiger charge is -2.34. The molecule has 3 aliphatic heterocycles. The predicted octanol–water partition coefficient (Wildman–Crippen LogP) is 3.48. The van der Waals surface area contributed by atoms with E-state index >= 15 is 0 Å². The number of nitrogens with zero attached hydrogens (tertiary/aromatic N) is 5. The van der Waals surface area contributed by atoms with Crippen molar-refractivity contribution in [2.75, 3.05) is 44.2 Å². The summed E-state index contributed by atoms with van der Waals surface area (Å²) in [5, 5.41) is 0.509. The maximum Gasteiger partial charge on any atom is 0.338 e. The highest BCUT2D eigenvalue weighted by Crippen LogP contribution is 2.34. The quantitative estimate of drug-likeness (QED) is 0.267. The van der Waals surface area contributed by atoms with Gasteiger partial charge in [-0.25, -0.2) is 4.79 Å². The molecule has 2 aromatic rings. The van der Waals surface area contributed by atoms with Crippen LogP contribution in [0.15, 0.2) is 42.7 Å². The fraction of sp³-hybridized carbons (Fsp3) is 0.483. The van der Waals surface area contributed by atoms with Crippen LogP contribution in [-0.2, 0) is 16.1 Å². The summed E-state index contributed by atoms with van der Waals surface area (Å²) in [6.07, 6.45) is 7.53. The molecule has 1 aromatic heterocycles. The summed E-state index contributed by atoms with van der Waals surface area (Å²) >= 11 is 5.76. The maximum atomic E-state index is 13.3. The van der Waals surface area contributed by atoms with Gasteiger partial charge in [-0.15, -0.1) is 0 Å². The predicted molar refractivity (Wildman–Crippen MR) is 151 cm³/mol. The molecule has 10 heteroatoms. The number of piperazine rings is 1. The van der Waals surface area contributed by atoms with E-state index < -0.39 is 5.54 Å². The molecule has 206 valence electrons. The Labute approximate surface area is 234 Å². The fourth-order valence-electron chi connectivity index (χ4n) is 5.51. The lowest BCUT2D eigenvalue weighted by atomic mass is 10.0. The minimum atomic E-state index is -0.726. The number of fused-ring (bicyclic) bond motifs is 1. The monoisotopic (exact) mass is 549 g/mol. The van der Waals surface area contributed by atoms with Crippen molar-refractivity contribution in [3.05, 3.63) is 59.4 Å². The Hall–Kier alpha value is -3.37. The van der Waals surface area contributed by atoms with Crippen molar-refractivity contribution in [1.82, 2.24) is 19.7 Å². The lowest BCUT2D eigenvalue weighted by Crippen LogP contribution is -2.48. The molecule has 0 N–H and O–H groups in total. The first-order valence-corrected chi connectivity index (χ1v) is 14.1. The third-order valence-electron chi connectivity index (χ3n) is 7.94. The molecule has 0 saturated carbocycles. The van der Waals surface area contributed by atoms with Gasteiger partial charge in [0.25, 0.3) is 11.8 Å². The molecule has 0 unspecified atom stereocenters. The number of aromatic nitrogens is 1. The standard InChI is InChI=1S/C29H35N5O4S/c1-29(2)27(37)34(23-7-8-24-22(19-23)20-38-26(24)36)28(39)33(29)14-6-4-3-5-13-31-15-17-32(18-16-31)25(35)21-9-11-30-12-10-21/h7-12,19H,3-6,13-18,20H2,1-2H3. The Morgan fingerprint density at radius 3 is 2.38 bits per heavy atom. The second-order valence-corrected chi connectivity index (χ2v) is 11.2. The van der Waals surface area contributed by atoms with Crippen LogP contribution in [0.3, 0.4) is 0 Å². The summed E-state index contributed by atoms with van der Waals surface area (Å²) in [7, 11) is 0. The Morgan fingerprint density at radius 2 is 1.67 bits per heavy atom. The van der Waals surface area contributed by atoms with Gasteiger partial charge in [-0.05, 0) is 75.8 Å². The van der Waals surface area contributed by atoms with Gasteiger partial charge in [0.15, 0.2) is 5.11 Å². The number of benzene rings is 1. The van der Waals surface area contributed by atoms with Gasteiger partial charge in [0.1, 0.15) is 12.1 Å². The molecule has 2 fully saturated rings. The Kier molecular flexibility index (Phi) is 7.95. The molecular formula is C29H35N5O4S. The first-order chi connectivity index (χ1) is 18.8. The number of cyclic esters (lactones) is 1. The molecule has 3 aliphatic rings. The summed E-state index contributed by atoms with van der Waals surface area (Å²) in [5.74, 6) is -0.302. The first kappa shape index (κ1) is 27.2. The highest BCUT2D eigenvalue weighted by molar-refractivity contribution is 7.80. The second-order valence-electron chi connectivity index (χ2n) is 10.8. The molecule has 0 aliphatic carbocycles. The largest absolute Gasteiger partial charge is 0.457 e. The molecule has 5 rings (SSSR count). The van der Waals surface area contributed by atoms with Crippen LogP contribution in [0.5, 0.6) is 0 Å². The average Bonchev–Trinajstić information content (AvgIpc) is 3.39. The summed E-state index contributed by atoms with van der Waals surface area (Å²) in [5.41, 5.74) is 1.98. The van der Waals surface area contributed by atoms with E-state index in [9.17, 15) is 14.4 Å². The van der Waals surface area contributed by atoms with Crippen LogP contribution in [0.4, 0.5) is 5.69 Å². The van der Waals surface area contributed by atoms with Gasteiger partial charge in [-0.3, -0.25) is 24.4 Å². The van der Waals surface area contributed by atoms with Crippen LogP contribution in [0.1, 0.15) is 65.8 Å². The number of esters is 1. The highest BCUT2D eigenvalue weighted by Gasteiger charge is 2.49. The first-order valence-electron chi connectivity index (χ1n) is 13.7. The number of ether oxygens (including phenoxy) is 1. The molecule has 0 radical (unpaired) electrons. The number of rotatable bonds is 9. The second kappa shape index (κ2) is 11.4. The third-order valence-corrected chi connectivity index (χ3v) is 8.34. The van der Waals surface area contributed by atoms with Gasteiger partial charge in [0, 0.05) is 56.2 Å². The number of hydrogen-bond acceptors (Lipinski definition) is 7. The van der Waals surface area contributed by atoms with Crippen molar-refractivity contribution in [1.29, 1.82) is 0 Å². The minimum Gasteiger partial charge on any atom is -0.457 e. The number of thiocarbonyl (C=S) groups is 1. The van der Waals surface area contributed by atoms with Gasteiger partial charge in [-0.1, -0.05) is 12.8 Å². The average molecular weight is 550 g/mol. The van der Waals surface area contributed by atoms with Gasteiger partial charge < -0.3 is 14.5 Å². The van der Waals surface area contributed by atoms with E-state index in [2.05, 4.69) is 9.88 Å². The highest BCUT2D eigenvalue weighted by atomic mass is 32.1. The number of anilines is 1. The van der Waals surface area contributed by atoms with E-state index in [0.717, 1.165) is 70.5 Å². The Morgan fingerprint density at radius 1 is 0.974 bits per heavy atom. The molecule has 0 atom stereocenters. The van der Waals surface area contributed by atoms with E-state index in [0.29, 0.717) is 21.9 Å². The molecular weight excluding hydrogens is 514 g/mol. The van der Waals surface area contributed by atoms with Gasteiger partial charge >= 0.3 is 5.97 Å². The van der Waals surface area contributed by atoms with E-state index in [4.69, 9.17) is 17.0 Å². The van der Waals surface area contributed by atoms with Crippen molar-refractivity contribution in [2.45, 2.75) is 51.7 Å². The molecule has 0 bridgehead atoms. The summed E-state index contributed by atoms with van der Waals surface area (Å²) < 4.78 is 5.11. The summed E-state index contributed by atoms with van der Waals surface area (Å²) in [4.78, 5) is 49.7. The maximum absolute atomic E-state index is 13.3. The van der Waals surface area contributed by atoms with Crippen LogP contribution < -0.4 is 4.90 Å². The zero-order valence-electron chi connectivity index (χ0n) is 22.6. The third kappa shape index (κ3) is 5.53. The van der Waals surface area contributed by atoms with Crippen molar-refractivity contribution >= 4 is 40.8 Å². The van der Waals surface area contributed by atoms with E-state index in [-0.39, 0.29) is 24.4 Å². The van der Waals surface area contributed by atoms with Crippen LogP contribution in [0.2, 0.25) is 0 Å². The van der Waals surface area contributed by atoms with Crippen LogP contribution >= 0.6 is 12.2 Å². The lowest BCUT2D eigenvalue weighted by molar-refractivity contribution is -0.123. The summed E-state index contributed by atoms with van der Waals surface area (Å²) in [6, 6.07) is 8.85. The van der Waals surface area contributed by atoms with Gasteiger partial charge in [0.05, 0.1) is 11.3 Å². The molecule has 9 nitrogen and oxygen atoms in total. The van der Waals surface area contributed by atoms with E-state index in [1.807, 2.05) is 29.7 Å². The number of hydrogen-bond donors (Lipinski definition) is 0. The Bertz CT molecular complexity index is 1260. The van der Waals surface area contributed by atoms with Crippen LogP contribution in [-0.4, -0.2) is 87.4 Å². The number of carbonyl (C=O) groups excluding carboxylic acids is 3. The van der Waals surface area contributed by atoms with Crippen LogP contribution in [0, 0.1) is 0 Å². The molecule has 2 saturated heterocycles. The topological polar surface area (TPSA) is 86.3 Å². The zero-order chi connectivity index (χ0) is 27.6. The van der Waals surface area contributed by atoms with Crippen LogP contribution in [0.25, 0.3) is 0 Å². The number of carbonyl (C=O) groups is 3. The van der Waals surface area contributed by atoms with Crippen molar-refractivity contribution in [3.63, 3.8) is 0 Å². The van der Waals surface area contributed by atoms with Crippen molar-refractivity contribution < 1.29 is 19.1 Å². The number of amides is 2. The molecule has 39 heavy (non-hydrogen) atoms. The Balaban J connectivity index is 1.04. The van der Waals surface area contributed by atoms with Crippen molar-refractivity contribution in [2.24, 2.45) is 0 Å². The summed E-state index contributed by atoms with van der Waals surface area (Å²) in [6.45, 7) is 9.10. The molecule has 1 aromatic carbocycles. The SMILES string of the molecule is CC1(C)C(=O)N(c2ccc3c(c2)COC3=O)C(=S)N1CCCCCCN1CCN(C(=O)c2ccncc2)CC1. The van der Waals surface area contributed by atoms with Crippen molar-refractivity contribution in [3.8, 4) is 0 Å². The molecule has 0 spiro atoms. The zero-order valence-corrected chi connectivity index (χ0v) is 23.4. The number of unbranched alkanes of at least 4 members (excludes halogenated alkanes) is 3. The molecule has 2 amide bonds. The fourth-order valence-corrected chi connectivity index (χ4v) is 6.02. The minimum absolute atomic E-state index is 0.0563. The molecule has 4 heterocycles.